The fraction of sp³-hybridized carbons (Fsp3) is 0.0789. The molecule has 0 saturated heterocycles. The second-order valence-electron chi connectivity index (χ2n) is 11.7. The number of nitrogens with zero attached hydrogens (tertiary/aromatic N) is 4. The molecule has 0 N–H and O–H groups in total. The number of pyridine rings is 2. The first-order valence-electron chi connectivity index (χ1n) is 14.7. The molecule has 4 nitrogen and oxygen atoms in total. The molecule has 0 bridgehead atoms. The van der Waals surface area contributed by atoms with Gasteiger partial charge in [-0.15, -0.1) is 54.1 Å². The van der Waals surface area contributed by atoms with Crippen LogP contribution in [-0.2, 0) is 20.1 Å². The van der Waals surface area contributed by atoms with E-state index in [1.165, 1.54) is 22.7 Å². The Morgan fingerprint density at radius 3 is 2.26 bits per heavy atom. The van der Waals surface area contributed by atoms with Crippen LogP contribution in [0, 0.1) is 17.9 Å². The van der Waals surface area contributed by atoms with Gasteiger partial charge in [-0.05, 0) is 39.8 Å². The SMILES string of the molecule is C[Si](C)(C)c1ccc(-c2[c-]cccc2)nc1.Fc1cncc2c1sc1c(-c3nc4ccccc4n3-c3ccccc3)[c-]ccc12.[Ir]. The van der Waals surface area contributed by atoms with Crippen LogP contribution in [-0.4, -0.2) is 27.6 Å². The van der Waals surface area contributed by atoms with Crippen molar-refractivity contribution in [1.29, 1.82) is 0 Å². The second-order valence-corrected chi connectivity index (χ2v) is 17.8. The summed E-state index contributed by atoms with van der Waals surface area (Å²) in [4.78, 5) is 13.5. The van der Waals surface area contributed by atoms with E-state index in [4.69, 9.17) is 4.98 Å². The standard InChI is InChI=1S/C24H13FN3S.C14H16NSi.Ir/c25-19-14-26-13-18-16-9-6-10-17(22(16)29-23(18)19)24-27-20-11-4-5-12-21(20)28(24)15-7-2-1-3-8-15;1-16(2,3)13-9-10-14(15-11-13)12-7-5-4-6-8-12;/h1-9,11-14H;4-7,9-11H,1-3H3;/q2*-1;. The van der Waals surface area contributed by atoms with E-state index in [0.717, 1.165) is 54.8 Å². The summed E-state index contributed by atoms with van der Waals surface area (Å²) < 4.78 is 18.1. The first kappa shape index (κ1) is 31.6. The van der Waals surface area contributed by atoms with Gasteiger partial charge in [0.2, 0.25) is 0 Å². The third-order valence-electron chi connectivity index (χ3n) is 7.71. The monoisotopic (exact) mass is 813 g/mol. The quantitative estimate of drug-likeness (QED) is 0.132. The average molecular weight is 813 g/mol. The number of imidazole rings is 1. The summed E-state index contributed by atoms with van der Waals surface area (Å²) >= 11 is 1.42. The van der Waals surface area contributed by atoms with Crippen LogP contribution in [0.15, 0.2) is 122 Å². The van der Waals surface area contributed by atoms with E-state index in [1.54, 1.807) is 6.20 Å². The van der Waals surface area contributed by atoms with Crippen molar-refractivity contribution in [3.63, 3.8) is 0 Å². The second kappa shape index (κ2) is 13.2. The number of halogens is 1. The summed E-state index contributed by atoms with van der Waals surface area (Å²) in [6, 6.07) is 40.9. The van der Waals surface area contributed by atoms with Crippen LogP contribution < -0.4 is 5.19 Å². The zero-order valence-electron chi connectivity index (χ0n) is 25.5. The molecule has 0 atom stereocenters. The number of hydrogen-bond acceptors (Lipinski definition) is 4. The third kappa shape index (κ3) is 6.09. The summed E-state index contributed by atoms with van der Waals surface area (Å²) in [6.45, 7) is 7.00. The van der Waals surface area contributed by atoms with Crippen LogP contribution in [0.2, 0.25) is 19.6 Å². The number of aromatic nitrogens is 4. The van der Waals surface area contributed by atoms with E-state index in [2.05, 4.69) is 76.6 Å². The van der Waals surface area contributed by atoms with E-state index in [1.807, 2.05) is 79.0 Å². The van der Waals surface area contributed by atoms with Gasteiger partial charge in [-0.2, -0.15) is 11.3 Å². The minimum absolute atomic E-state index is 0. The van der Waals surface area contributed by atoms with Gasteiger partial charge >= 0.3 is 0 Å². The summed E-state index contributed by atoms with van der Waals surface area (Å²) in [7, 11) is -1.23. The summed E-state index contributed by atoms with van der Waals surface area (Å²) in [5, 5.41) is 3.19. The summed E-state index contributed by atoms with van der Waals surface area (Å²) in [6.07, 6.45) is 5.00. The molecule has 0 fully saturated rings. The fourth-order valence-electron chi connectivity index (χ4n) is 5.37. The molecule has 4 aromatic carbocycles. The molecule has 4 aromatic heterocycles. The van der Waals surface area contributed by atoms with Crippen LogP contribution in [0.4, 0.5) is 4.39 Å². The van der Waals surface area contributed by atoms with Crippen LogP contribution in [0.3, 0.4) is 0 Å². The predicted molar refractivity (Wildman–Crippen MR) is 187 cm³/mol. The number of thiophene rings is 1. The molecule has 0 unspecified atom stereocenters. The zero-order chi connectivity index (χ0) is 31.0. The normalized spacial score (nSPS) is 11.3. The summed E-state index contributed by atoms with van der Waals surface area (Å²) in [5.41, 5.74) is 5.88. The Morgan fingerprint density at radius 1 is 0.739 bits per heavy atom. The van der Waals surface area contributed by atoms with Gasteiger partial charge in [0, 0.05) is 43.6 Å². The van der Waals surface area contributed by atoms with Crippen molar-refractivity contribution in [2.24, 2.45) is 0 Å². The van der Waals surface area contributed by atoms with Gasteiger partial charge in [0.05, 0.1) is 35.8 Å². The number of hydrogen-bond donors (Lipinski definition) is 0. The maximum Gasteiger partial charge on any atom is 0.158 e. The van der Waals surface area contributed by atoms with Gasteiger partial charge in [0.25, 0.3) is 0 Å². The largest absolute Gasteiger partial charge is 0.333 e. The Labute approximate surface area is 286 Å². The molecule has 4 heterocycles. The van der Waals surface area contributed by atoms with Crippen molar-refractivity contribution in [3.05, 3.63) is 140 Å². The minimum atomic E-state index is -1.23. The van der Waals surface area contributed by atoms with Gasteiger partial charge in [-0.25, -0.2) is 4.39 Å². The number of fused-ring (bicyclic) bond motifs is 4. The van der Waals surface area contributed by atoms with Gasteiger partial charge in [0.1, 0.15) is 0 Å². The Bertz CT molecular complexity index is 2260. The number of para-hydroxylation sites is 3. The molecule has 0 aliphatic heterocycles. The van der Waals surface area contributed by atoms with Crippen molar-refractivity contribution in [2.45, 2.75) is 19.6 Å². The van der Waals surface area contributed by atoms with Crippen molar-refractivity contribution >= 4 is 55.8 Å². The minimum Gasteiger partial charge on any atom is -0.333 e. The van der Waals surface area contributed by atoms with Crippen LogP contribution in [0.5, 0.6) is 0 Å². The average Bonchev–Trinajstić information content (AvgIpc) is 3.65. The first-order chi connectivity index (χ1) is 21.9. The number of benzene rings is 4. The van der Waals surface area contributed by atoms with Gasteiger partial charge in [-0.3, -0.25) is 9.97 Å². The van der Waals surface area contributed by atoms with Crippen LogP contribution in [0.25, 0.3) is 59.5 Å². The van der Waals surface area contributed by atoms with E-state index in [0.29, 0.717) is 4.70 Å². The Kier molecular flexibility index (Phi) is 9.07. The molecule has 0 aliphatic rings. The molecule has 1 radical (unpaired) electrons. The molecule has 8 heteroatoms. The predicted octanol–water partition coefficient (Wildman–Crippen LogP) is 9.49. The maximum atomic E-state index is 14.4. The smallest absolute Gasteiger partial charge is 0.158 e. The Hall–Kier alpha value is -4.33. The molecule has 8 aromatic rings. The zero-order valence-corrected chi connectivity index (χ0v) is 29.7. The Balaban J connectivity index is 0.000000187. The van der Waals surface area contributed by atoms with Gasteiger partial charge in [-0.1, -0.05) is 73.1 Å². The molecule has 0 spiro atoms. The van der Waals surface area contributed by atoms with E-state index >= 15 is 0 Å². The molecular weight excluding hydrogens is 784 g/mol. The van der Waals surface area contributed by atoms with Crippen molar-refractivity contribution < 1.29 is 24.5 Å². The first-order valence-corrected chi connectivity index (χ1v) is 19.0. The maximum absolute atomic E-state index is 14.4. The number of rotatable bonds is 4. The fourth-order valence-corrected chi connectivity index (χ4v) is 7.57. The molecule has 8 rings (SSSR count). The van der Waals surface area contributed by atoms with Crippen molar-refractivity contribution in [2.75, 3.05) is 0 Å². The van der Waals surface area contributed by atoms with E-state index < -0.39 is 8.07 Å². The molecule has 229 valence electrons. The molecule has 0 saturated carbocycles. The summed E-state index contributed by atoms with van der Waals surface area (Å²) in [5.74, 6) is 0.495. The van der Waals surface area contributed by atoms with Crippen LogP contribution in [0.1, 0.15) is 0 Å². The van der Waals surface area contributed by atoms with Gasteiger partial charge < -0.3 is 9.55 Å². The topological polar surface area (TPSA) is 43.6 Å². The molecule has 46 heavy (non-hydrogen) atoms. The molecular formula is C38H29FIrN4SSi-2. The van der Waals surface area contributed by atoms with Crippen LogP contribution >= 0.6 is 11.3 Å². The molecule has 0 amide bonds. The van der Waals surface area contributed by atoms with E-state index in [9.17, 15) is 4.39 Å². The van der Waals surface area contributed by atoms with Crippen molar-refractivity contribution in [3.8, 4) is 28.3 Å². The Morgan fingerprint density at radius 2 is 1.52 bits per heavy atom. The van der Waals surface area contributed by atoms with Crippen molar-refractivity contribution in [1.82, 2.24) is 19.5 Å². The van der Waals surface area contributed by atoms with Gasteiger partial charge in [0.15, 0.2) is 5.82 Å². The third-order valence-corrected chi connectivity index (χ3v) is 11.0. The molecule has 0 aliphatic carbocycles. The van der Waals surface area contributed by atoms with E-state index in [-0.39, 0.29) is 25.9 Å².